The van der Waals surface area contributed by atoms with E-state index in [0.29, 0.717) is 45.8 Å². The molecule has 6 rings (SSSR count). The lowest BCUT2D eigenvalue weighted by atomic mass is 9.64. The first-order chi connectivity index (χ1) is 25.3. The average molecular weight is 719 g/mol. The predicted octanol–water partition coefficient (Wildman–Crippen LogP) is 6.41. The van der Waals surface area contributed by atoms with Crippen LogP contribution >= 0.6 is 0 Å². The number of carbonyl (C=O) groups is 4. The summed E-state index contributed by atoms with van der Waals surface area (Å²) in [4.78, 5) is 68.1. The maximum atomic E-state index is 13.7. The lowest BCUT2D eigenvalue weighted by Gasteiger charge is -2.36. The second-order valence-corrected chi connectivity index (χ2v) is 13.5. The van der Waals surface area contributed by atoms with E-state index < -0.39 is 29.2 Å². The van der Waals surface area contributed by atoms with Crippen molar-refractivity contribution in [2.45, 2.75) is 58.8 Å². The zero-order valence-electron chi connectivity index (χ0n) is 30.9. The number of rotatable bonds is 9. The third-order valence-electron chi connectivity index (χ3n) is 10.7. The summed E-state index contributed by atoms with van der Waals surface area (Å²) in [5, 5.41) is 9.68. The van der Waals surface area contributed by atoms with Gasteiger partial charge in [-0.1, -0.05) is 24.8 Å². The fourth-order valence-corrected chi connectivity index (χ4v) is 7.69. The molecule has 0 saturated carbocycles. The van der Waals surface area contributed by atoms with Gasteiger partial charge in [-0.25, -0.2) is 9.78 Å². The minimum Gasteiger partial charge on any atom is -0.481 e. The Morgan fingerprint density at radius 3 is 2.04 bits per heavy atom. The van der Waals surface area contributed by atoms with Gasteiger partial charge in [-0.05, 0) is 98.2 Å². The summed E-state index contributed by atoms with van der Waals surface area (Å²) >= 11 is 0. The molecular formula is C41H42N4O8. The number of aromatic amines is 2. The summed E-state index contributed by atoms with van der Waals surface area (Å²) in [6.07, 6.45) is 5.80. The van der Waals surface area contributed by atoms with Gasteiger partial charge in [0.15, 0.2) is 0 Å². The van der Waals surface area contributed by atoms with E-state index in [1.54, 1.807) is 18.2 Å². The second kappa shape index (κ2) is 14.2. The monoisotopic (exact) mass is 718 g/mol. The van der Waals surface area contributed by atoms with Gasteiger partial charge in [0, 0.05) is 40.5 Å². The van der Waals surface area contributed by atoms with Gasteiger partial charge in [-0.2, -0.15) is 0 Å². The van der Waals surface area contributed by atoms with E-state index in [1.165, 1.54) is 21.3 Å². The molecule has 12 heteroatoms. The number of nitrogens with one attached hydrogen (secondary N) is 2. The number of aryl methyl sites for hydroxylation is 4. The first-order valence-corrected chi connectivity index (χ1v) is 17.2. The van der Waals surface area contributed by atoms with Crippen LogP contribution in [0.4, 0.5) is 0 Å². The van der Waals surface area contributed by atoms with E-state index in [0.717, 1.165) is 44.4 Å². The fourth-order valence-electron chi connectivity index (χ4n) is 7.69. The van der Waals surface area contributed by atoms with Crippen molar-refractivity contribution in [1.82, 2.24) is 19.9 Å². The summed E-state index contributed by atoms with van der Waals surface area (Å²) < 4.78 is 15.3. The fraction of sp³-hybridized carbons (Fsp3) is 0.317. The summed E-state index contributed by atoms with van der Waals surface area (Å²) in [6.45, 7) is 11.8. The van der Waals surface area contributed by atoms with Gasteiger partial charge in [-0.3, -0.25) is 19.4 Å². The van der Waals surface area contributed by atoms with E-state index in [4.69, 9.17) is 24.2 Å². The molecule has 3 N–H and O–H groups in total. The van der Waals surface area contributed by atoms with E-state index in [-0.39, 0.29) is 30.8 Å². The SMILES string of the molecule is C=CC1=C(C)c2cc3nc(cc4[nH]c(cc5[nH]c(cc1n2)c(C)c5CCC(=O)OC)c(CCC(=O)O)c4C)C1(C)C3=CC=C(C(=O)OC)C1C(=O)OC. The largest absolute Gasteiger partial charge is 0.481 e. The zero-order chi connectivity index (χ0) is 38.4. The van der Waals surface area contributed by atoms with Crippen LogP contribution in [-0.2, 0) is 51.6 Å². The molecule has 2 unspecified atom stereocenters. The molecule has 0 spiro atoms. The Morgan fingerprint density at radius 1 is 0.811 bits per heavy atom. The lowest BCUT2D eigenvalue weighted by molar-refractivity contribution is -0.149. The van der Waals surface area contributed by atoms with Crippen LogP contribution < -0.4 is 0 Å². The Hall–Kier alpha value is -6.04. The van der Waals surface area contributed by atoms with E-state index >= 15 is 0 Å². The highest BCUT2D eigenvalue weighted by Crippen LogP contribution is 2.52. The second-order valence-electron chi connectivity index (χ2n) is 13.5. The number of nitrogens with zero attached hydrogens (tertiary/aromatic N) is 2. The van der Waals surface area contributed by atoms with Crippen LogP contribution in [0.1, 0.15) is 71.7 Å². The van der Waals surface area contributed by atoms with Crippen molar-refractivity contribution in [3.8, 4) is 0 Å². The molecule has 274 valence electrons. The molecule has 2 aliphatic heterocycles. The third kappa shape index (κ3) is 6.28. The zero-order valence-corrected chi connectivity index (χ0v) is 30.9. The summed E-state index contributed by atoms with van der Waals surface area (Å²) in [6, 6.07) is 7.59. The number of H-pyrrole nitrogens is 2. The van der Waals surface area contributed by atoms with Gasteiger partial charge >= 0.3 is 23.9 Å². The molecule has 1 aliphatic carbocycles. The highest BCUT2D eigenvalue weighted by molar-refractivity contribution is 6.02. The number of carbonyl (C=O) groups excluding carboxylic acids is 3. The molecule has 12 nitrogen and oxygen atoms in total. The number of aromatic nitrogens is 4. The minimum absolute atomic E-state index is 0.110. The van der Waals surface area contributed by atoms with E-state index in [1.807, 2.05) is 52.0 Å². The van der Waals surface area contributed by atoms with Crippen LogP contribution in [0.15, 0.2) is 54.6 Å². The number of methoxy groups -OCH3 is 3. The average Bonchev–Trinajstić information content (AvgIpc) is 3.79. The number of fused-ring (bicyclic) bond motifs is 11. The number of ether oxygens (including phenoxy) is 3. The molecule has 3 aromatic heterocycles. The van der Waals surface area contributed by atoms with Crippen molar-refractivity contribution in [3.05, 3.63) is 99.7 Å². The van der Waals surface area contributed by atoms with Crippen LogP contribution in [-0.4, -0.2) is 70.2 Å². The van der Waals surface area contributed by atoms with Crippen molar-refractivity contribution >= 4 is 62.7 Å². The lowest BCUT2D eigenvalue weighted by Crippen LogP contribution is -2.42. The van der Waals surface area contributed by atoms with E-state index in [9.17, 15) is 24.3 Å². The van der Waals surface area contributed by atoms with Gasteiger partial charge in [0.25, 0.3) is 0 Å². The van der Waals surface area contributed by atoms with Crippen molar-refractivity contribution in [3.63, 3.8) is 0 Å². The van der Waals surface area contributed by atoms with Gasteiger partial charge in [0.2, 0.25) is 0 Å². The predicted molar refractivity (Wildman–Crippen MR) is 200 cm³/mol. The maximum Gasteiger partial charge on any atom is 0.334 e. The Morgan fingerprint density at radius 2 is 1.45 bits per heavy atom. The van der Waals surface area contributed by atoms with Gasteiger partial charge in [0.05, 0.1) is 55.1 Å². The number of hydrogen-bond acceptors (Lipinski definition) is 9. The normalized spacial score (nSPS) is 17.8. The summed E-state index contributed by atoms with van der Waals surface area (Å²) in [7, 11) is 3.89. The third-order valence-corrected chi connectivity index (χ3v) is 10.7. The van der Waals surface area contributed by atoms with Crippen molar-refractivity contribution in [1.29, 1.82) is 0 Å². The molecular weight excluding hydrogens is 676 g/mol. The van der Waals surface area contributed by atoms with Crippen molar-refractivity contribution < 1.29 is 38.5 Å². The number of carboxylic acid groups (broad SMARTS) is 1. The van der Waals surface area contributed by atoms with Crippen molar-refractivity contribution in [2.24, 2.45) is 5.92 Å². The molecule has 0 amide bonds. The van der Waals surface area contributed by atoms with Gasteiger partial charge < -0.3 is 29.3 Å². The molecule has 0 saturated heterocycles. The van der Waals surface area contributed by atoms with Crippen LogP contribution in [0.2, 0.25) is 0 Å². The minimum atomic E-state index is -1.18. The smallest absolute Gasteiger partial charge is 0.334 e. The Balaban J connectivity index is 1.78. The number of hydrogen-bond donors (Lipinski definition) is 3. The van der Waals surface area contributed by atoms with Gasteiger partial charge in [-0.15, -0.1) is 0 Å². The molecule has 2 atom stereocenters. The van der Waals surface area contributed by atoms with E-state index in [2.05, 4.69) is 16.5 Å². The van der Waals surface area contributed by atoms with Gasteiger partial charge in [0.1, 0.15) is 5.92 Å². The molecule has 3 aliphatic rings. The first-order valence-electron chi connectivity index (χ1n) is 17.2. The first kappa shape index (κ1) is 36.7. The van der Waals surface area contributed by atoms with Crippen molar-refractivity contribution in [2.75, 3.05) is 21.3 Å². The number of carboxylic acids is 1. The Kier molecular flexibility index (Phi) is 9.83. The maximum absolute atomic E-state index is 13.7. The number of allylic oxidation sites excluding steroid dienone is 6. The summed E-state index contributed by atoms with van der Waals surface area (Å²) in [5.74, 6) is -3.68. The quantitative estimate of drug-likeness (QED) is 0.166. The highest BCUT2D eigenvalue weighted by Gasteiger charge is 2.53. The van der Waals surface area contributed by atoms with Crippen LogP contribution in [0.25, 0.3) is 38.8 Å². The molecule has 5 heterocycles. The topological polar surface area (TPSA) is 174 Å². The molecule has 0 radical (unpaired) electrons. The van der Waals surface area contributed by atoms with Crippen LogP contribution in [0.5, 0.6) is 0 Å². The Labute approximate surface area is 306 Å². The van der Waals surface area contributed by atoms with Crippen LogP contribution in [0.3, 0.4) is 0 Å². The highest BCUT2D eigenvalue weighted by atomic mass is 16.5. The molecule has 0 aromatic carbocycles. The molecule has 53 heavy (non-hydrogen) atoms. The molecule has 8 bridgehead atoms. The molecule has 0 fully saturated rings. The molecule has 3 aromatic rings. The number of aliphatic carboxylic acids is 1. The standard InChI is InChI=1S/C41H42N4O8/c1-9-23-20(2)29-17-34-27-13-10-26(39(49)52-7)38(40(50)53-8)41(27,5)35(45-34)19-30-22(4)24(11-14-36(46)47)32(44-30)18-33-25(12-15-37(48)51-6)21(3)28(43-33)16-31(23)42-29/h9-10,13,16-19,38,43-44H,1,11-12,14-15H2,2-8H3,(H,46,47). The Bertz CT molecular complexity index is 2370. The summed E-state index contributed by atoms with van der Waals surface area (Å²) in [5.41, 5.74) is 9.92. The van der Waals surface area contributed by atoms with Crippen LogP contribution in [0, 0.1) is 19.8 Å². The number of esters is 3.